The van der Waals surface area contributed by atoms with Gasteiger partial charge < -0.3 is 0 Å². The number of hydrogen-bond acceptors (Lipinski definition) is 2. The third-order valence-electron chi connectivity index (χ3n) is 2.91. The molecule has 2 rings (SSSR count). The summed E-state index contributed by atoms with van der Waals surface area (Å²) in [5.41, 5.74) is 0.137. The number of carbonyl (C=O) groups is 1. The molecular formula is C15H12F3NO. The fraction of sp³-hybridized carbons (Fsp3) is 0.200. The van der Waals surface area contributed by atoms with Gasteiger partial charge >= 0.3 is 6.18 Å². The zero-order valence-electron chi connectivity index (χ0n) is 10.7. The van der Waals surface area contributed by atoms with E-state index in [1.165, 1.54) is 12.3 Å². The predicted molar refractivity (Wildman–Crippen MR) is 69.3 cm³/mol. The molecule has 0 amide bonds. The minimum absolute atomic E-state index is 0.0565. The van der Waals surface area contributed by atoms with Gasteiger partial charge in [-0.2, -0.15) is 13.2 Å². The number of nitrogens with zero attached hydrogens (tertiary/aromatic N) is 1. The van der Waals surface area contributed by atoms with Crippen molar-refractivity contribution in [2.45, 2.75) is 19.5 Å². The molecular weight excluding hydrogens is 267 g/mol. The standard InChI is InChI=1S/C15H12F3NO/c1-2-14(20)12-9-10(15(16,17)18)6-7-11(12)13-5-3-4-8-19-13/h3-9H,2H2,1H3. The van der Waals surface area contributed by atoms with Crippen LogP contribution in [0, 0.1) is 0 Å². The van der Waals surface area contributed by atoms with Crippen LogP contribution in [0.3, 0.4) is 0 Å². The van der Waals surface area contributed by atoms with Crippen molar-refractivity contribution < 1.29 is 18.0 Å². The van der Waals surface area contributed by atoms with Gasteiger partial charge in [-0.15, -0.1) is 0 Å². The summed E-state index contributed by atoms with van der Waals surface area (Å²) < 4.78 is 38.2. The van der Waals surface area contributed by atoms with E-state index in [-0.39, 0.29) is 17.8 Å². The van der Waals surface area contributed by atoms with Gasteiger partial charge in [0.1, 0.15) is 0 Å². The van der Waals surface area contributed by atoms with Crippen LogP contribution in [0.25, 0.3) is 11.3 Å². The van der Waals surface area contributed by atoms with Gasteiger partial charge in [0.05, 0.1) is 11.3 Å². The largest absolute Gasteiger partial charge is 0.416 e. The van der Waals surface area contributed by atoms with Gasteiger partial charge in [-0.25, -0.2) is 0 Å². The molecule has 1 heterocycles. The Morgan fingerprint density at radius 3 is 2.50 bits per heavy atom. The number of ketones is 1. The van der Waals surface area contributed by atoms with Crippen LogP contribution < -0.4 is 0 Å². The van der Waals surface area contributed by atoms with Crippen molar-refractivity contribution in [3.8, 4) is 11.3 Å². The van der Waals surface area contributed by atoms with Crippen LogP contribution in [0.2, 0.25) is 0 Å². The Morgan fingerprint density at radius 2 is 1.95 bits per heavy atom. The number of aromatic nitrogens is 1. The van der Waals surface area contributed by atoms with Crippen molar-refractivity contribution in [3.05, 3.63) is 53.7 Å². The zero-order valence-corrected chi connectivity index (χ0v) is 10.7. The average molecular weight is 279 g/mol. The Labute approximate surface area is 114 Å². The molecule has 1 aromatic carbocycles. The summed E-state index contributed by atoms with van der Waals surface area (Å²) in [5, 5.41) is 0. The normalized spacial score (nSPS) is 11.4. The summed E-state index contributed by atoms with van der Waals surface area (Å²) in [6.07, 6.45) is -2.79. The van der Waals surface area contributed by atoms with Crippen LogP contribution in [0.15, 0.2) is 42.6 Å². The van der Waals surface area contributed by atoms with Gasteiger partial charge in [0, 0.05) is 23.7 Å². The van der Waals surface area contributed by atoms with Crippen LogP contribution in [-0.4, -0.2) is 10.8 Å². The fourth-order valence-electron chi connectivity index (χ4n) is 1.89. The molecule has 0 radical (unpaired) electrons. The lowest BCUT2D eigenvalue weighted by atomic mass is 9.96. The van der Waals surface area contributed by atoms with E-state index in [1.54, 1.807) is 25.1 Å². The molecule has 2 aromatic rings. The van der Waals surface area contributed by atoms with E-state index in [2.05, 4.69) is 4.98 Å². The molecule has 0 atom stereocenters. The average Bonchev–Trinajstić information content (AvgIpc) is 2.45. The summed E-state index contributed by atoms with van der Waals surface area (Å²) in [6, 6.07) is 8.25. The minimum atomic E-state index is -4.47. The third kappa shape index (κ3) is 2.87. The maximum absolute atomic E-state index is 12.7. The number of benzene rings is 1. The monoisotopic (exact) mass is 279 g/mol. The van der Waals surface area contributed by atoms with Gasteiger partial charge in [0.25, 0.3) is 0 Å². The molecule has 0 aliphatic rings. The summed E-state index contributed by atoms with van der Waals surface area (Å²) in [5.74, 6) is -0.336. The highest BCUT2D eigenvalue weighted by Crippen LogP contribution is 2.33. The summed E-state index contributed by atoms with van der Waals surface area (Å²) >= 11 is 0. The van der Waals surface area contributed by atoms with Crippen LogP contribution in [0.1, 0.15) is 29.3 Å². The van der Waals surface area contributed by atoms with Crippen LogP contribution in [0.4, 0.5) is 13.2 Å². The van der Waals surface area contributed by atoms with Crippen molar-refractivity contribution >= 4 is 5.78 Å². The van der Waals surface area contributed by atoms with Gasteiger partial charge in [0.15, 0.2) is 5.78 Å². The van der Waals surface area contributed by atoms with E-state index in [1.807, 2.05) is 0 Å². The lowest BCUT2D eigenvalue weighted by Gasteiger charge is -2.12. The maximum atomic E-state index is 12.7. The summed E-state index contributed by atoms with van der Waals surface area (Å²) in [6.45, 7) is 1.62. The van der Waals surface area contributed by atoms with E-state index in [0.717, 1.165) is 12.1 Å². The quantitative estimate of drug-likeness (QED) is 0.781. The number of halogens is 3. The van der Waals surface area contributed by atoms with Crippen molar-refractivity contribution in [2.24, 2.45) is 0 Å². The lowest BCUT2D eigenvalue weighted by Crippen LogP contribution is -2.08. The van der Waals surface area contributed by atoms with Crippen LogP contribution in [0.5, 0.6) is 0 Å². The first-order valence-electron chi connectivity index (χ1n) is 6.09. The molecule has 0 saturated carbocycles. The molecule has 104 valence electrons. The number of alkyl halides is 3. The summed E-state index contributed by atoms with van der Waals surface area (Å²) in [7, 11) is 0. The van der Waals surface area contributed by atoms with Gasteiger partial charge in [-0.3, -0.25) is 9.78 Å². The van der Waals surface area contributed by atoms with Crippen molar-refractivity contribution in [1.82, 2.24) is 4.98 Å². The van der Waals surface area contributed by atoms with Crippen molar-refractivity contribution in [3.63, 3.8) is 0 Å². The molecule has 0 spiro atoms. The highest BCUT2D eigenvalue weighted by atomic mass is 19.4. The fourth-order valence-corrected chi connectivity index (χ4v) is 1.89. The first kappa shape index (κ1) is 14.2. The molecule has 0 fully saturated rings. The number of pyridine rings is 1. The molecule has 0 saturated heterocycles. The molecule has 0 aliphatic carbocycles. The smallest absolute Gasteiger partial charge is 0.294 e. The number of hydrogen-bond donors (Lipinski definition) is 0. The van der Waals surface area contributed by atoms with Crippen LogP contribution >= 0.6 is 0 Å². The molecule has 0 aliphatic heterocycles. The lowest BCUT2D eigenvalue weighted by molar-refractivity contribution is -0.137. The van der Waals surface area contributed by atoms with E-state index >= 15 is 0 Å². The summed E-state index contributed by atoms with van der Waals surface area (Å²) in [4.78, 5) is 16.0. The van der Waals surface area contributed by atoms with E-state index < -0.39 is 11.7 Å². The molecule has 0 unspecified atom stereocenters. The zero-order chi connectivity index (χ0) is 14.8. The Morgan fingerprint density at radius 1 is 1.20 bits per heavy atom. The predicted octanol–water partition coefficient (Wildman–Crippen LogP) is 4.36. The number of Topliss-reactive ketones (excluding diaryl/α,β-unsaturated/α-hetero) is 1. The molecule has 0 N–H and O–H groups in total. The first-order valence-corrected chi connectivity index (χ1v) is 6.09. The second-order valence-electron chi connectivity index (χ2n) is 4.25. The third-order valence-corrected chi connectivity index (χ3v) is 2.91. The molecule has 1 aromatic heterocycles. The van der Waals surface area contributed by atoms with Crippen molar-refractivity contribution in [2.75, 3.05) is 0 Å². The maximum Gasteiger partial charge on any atom is 0.416 e. The number of carbonyl (C=O) groups excluding carboxylic acids is 1. The molecule has 2 nitrogen and oxygen atoms in total. The Kier molecular flexibility index (Phi) is 3.88. The SMILES string of the molecule is CCC(=O)c1cc(C(F)(F)F)ccc1-c1ccccn1. The van der Waals surface area contributed by atoms with Gasteiger partial charge in [-0.1, -0.05) is 19.1 Å². The highest BCUT2D eigenvalue weighted by Gasteiger charge is 2.31. The van der Waals surface area contributed by atoms with Crippen LogP contribution in [-0.2, 0) is 6.18 Å². The topological polar surface area (TPSA) is 30.0 Å². The minimum Gasteiger partial charge on any atom is -0.294 e. The first-order chi connectivity index (χ1) is 9.43. The second-order valence-corrected chi connectivity index (χ2v) is 4.25. The van der Waals surface area contributed by atoms with Gasteiger partial charge in [-0.05, 0) is 24.3 Å². The Hall–Kier alpha value is -2.17. The van der Waals surface area contributed by atoms with E-state index in [4.69, 9.17) is 0 Å². The van der Waals surface area contributed by atoms with Gasteiger partial charge in [0.2, 0.25) is 0 Å². The second kappa shape index (κ2) is 5.45. The molecule has 5 heteroatoms. The van der Waals surface area contributed by atoms with E-state index in [9.17, 15) is 18.0 Å². The Bertz CT molecular complexity index is 621. The Balaban J connectivity index is 2.61. The highest BCUT2D eigenvalue weighted by molar-refractivity contribution is 6.02. The number of rotatable bonds is 3. The van der Waals surface area contributed by atoms with E-state index in [0.29, 0.717) is 11.3 Å². The molecule has 20 heavy (non-hydrogen) atoms. The van der Waals surface area contributed by atoms with Crippen molar-refractivity contribution in [1.29, 1.82) is 0 Å². The molecule has 0 bridgehead atoms.